The van der Waals surface area contributed by atoms with Gasteiger partial charge in [0.1, 0.15) is 12.2 Å². The van der Waals surface area contributed by atoms with E-state index in [-0.39, 0.29) is 0 Å². The molecule has 0 spiro atoms. The van der Waals surface area contributed by atoms with E-state index in [1.165, 1.54) is 0 Å². The number of carbonyl (C=O) groups excluding carboxylic acids is 6. The quantitative estimate of drug-likeness (QED) is 0.0342. The van der Waals surface area contributed by atoms with Crippen LogP contribution in [0.25, 0.3) is 0 Å². The average Bonchev–Trinajstić information content (AvgIpc) is 3.40. The number of carboxylic acid groups (broad SMARTS) is 1. The lowest BCUT2D eigenvalue weighted by atomic mass is 9.79. The van der Waals surface area contributed by atoms with Gasteiger partial charge in [0.15, 0.2) is 97.9 Å². The zero-order chi connectivity index (χ0) is 58.3. The van der Waals surface area contributed by atoms with Gasteiger partial charge in [-0.05, 0) is 72.8 Å². The summed E-state index contributed by atoms with van der Waals surface area (Å²) in [6, 6.07) is 6.64. The van der Waals surface area contributed by atoms with E-state index < -0.39 is 215 Å². The molecule has 1 aliphatic carbocycles. The van der Waals surface area contributed by atoms with Gasteiger partial charge in [0, 0.05) is 12.8 Å². The van der Waals surface area contributed by atoms with Gasteiger partial charge in [-0.25, -0.2) is 33.6 Å². The number of rotatable bonds is 13. The summed E-state index contributed by atoms with van der Waals surface area (Å²) >= 11 is 0. The van der Waals surface area contributed by atoms with Crippen molar-refractivity contribution in [1.82, 2.24) is 0 Å². The lowest BCUT2D eigenvalue weighted by Crippen LogP contribution is -2.59. The molecular weight excluding hydrogens is 1070 g/mol. The predicted molar refractivity (Wildman–Crippen MR) is 248 cm³/mol. The summed E-state index contributed by atoms with van der Waals surface area (Å²) in [4.78, 5) is 93.7. The number of ether oxygens (including phenoxy) is 6. The molecule has 0 bridgehead atoms. The number of phenolic OH excluding ortho intramolecular Hbond substituents is 15. The second-order valence-corrected chi connectivity index (χ2v) is 16.8. The number of carboxylic acids is 1. The molecular formula is C49H36O30. The normalized spacial score (nSPS) is 16.6. The molecule has 1 fully saturated rings. The lowest BCUT2D eigenvalue weighted by molar-refractivity contribution is -0.188. The highest BCUT2D eigenvalue weighted by molar-refractivity contribution is 5.98. The fraction of sp³-hybridized carbons (Fsp3) is 0.122. The van der Waals surface area contributed by atoms with Crippen molar-refractivity contribution in [3.8, 4) is 103 Å². The van der Waals surface area contributed by atoms with Crippen molar-refractivity contribution in [3.05, 3.63) is 106 Å². The van der Waals surface area contributed by atoms with Crippen LogP contribution >= 0.6 is 0 Å². The molecule has 7 rings (SSSR count). The standard InChI is InChI=1S/C49H36O30/c50-21-1-15(2-22(51)35(21)59)42(65)74-30-10-18(7-27(56)38(30)62)45(68)77-33-13-49(73,48(71)72)14-34(78-46(69)19-8-28(57)39(63)31(11-19)75-43(66)16-3-23(52)36(60)24(53)4-16)41(33)79-47(70)20-9-29(58)40(64)32(12-20)76-44(67)17-5-25(54)37(61)26(55)6-17/h1-12,33-34,41,50-64,73H,13-14H2,(H,71,72)/t33-,34-,41?,49?/m1/s1. The number of aliphatic carboxylic acids is 1. The third kappa shape index (κ3) is 11.3. The van der Waals surface area contributed by atoms with E-state index in [9.17, 15) is 120 Å². The zero-order valence-corrected chi connectivity index (χ0v) is 39.0. The summed E-state index contributed by atoms with van der Waals surface area (Å²) in [7, 11) is 0. The van der Waals surface area contributed by atoms with Crippen LogP contribution in [-0.4, -0.2) is 153 Å². The number of carbonyl (C=O) groups is 7. The van der Waals surface area contributed by atoms with Gasteiger partial charge in [-0.1, -0.05) is 0 Å². The largest absolute Gasteiger partial charge is 0.504 e. The lowest BCUT2D eigenvalue weighted by Gasteiger charge is -2.42. The first kappa shape index (κ1) is 55.3. The van der Waals surface area contributed by atoms with Crippen LogP contribution in [0.4, 0.5) is 0 Å². The maximum absolute atomic E-state index is 14.1. The fourth-order valence-corrected chi connectivity index (χ4v) is 7.38. The fourth-order valence-electron chi connectivity index (χ4n) is 7.38. The average molecular weight is 1100 g/mol. The van der Waals surface area contributed by atoms with Crippen molar-refractivity contribution in [1.29, 1.82) is 0 Å². The number of aromatic hydroxyl groups is 15. The van der Waals surface area contributed by atoms with Gasteiger partial charge in [-0.2, -0.15) is 0 Å². The molecule has 1 saturated carbocycles. The van der Waals surface area contributed by atoms with Crippen molar-refractivity contribution in [2.75, 3.05) is 0 Å². The Labute approximate surface area is 436 Å². The Morgan fingerprint density at radius 2 is 0.544 bits per heavy atom. The first-order valence-corrected chi connectivity index (χ1v) is 21.6. The molecule has 0 unspecified atom stereocenters. The number of hydrogen-bond acceptors (Lipinski definition) is 29. The van der Waals surface area contributed by atoms with Crippen LogP contribution in [0, 0.1) is 0 Å². The van der Waals surface area contributed by atoms with Crippen LogP contribution < -0.4 is 14.2 Å². The van der Waals surface area contributed by atoms with E-state index in [1.807, 2.05) is 0 Å². The minimum absolute atomic E-state index is 0.482. The van der Waals surface area contributed by atoms with Crippen molar-refractivity contribution in [2.45, 2.75) is 36.8 Å². The highest BCUT2D eigenvalue weighted by atomic mass is 16.6. The van der Waals surface area contributed by atoms with Gasteiger partial charge in [0.2, 0.25) is 17.2 Å². The van der Waals surface area contributed by atoms with Gasteiger partial charge >= 0.3 is 41.8 Å². The van der Waals surface area contributed by atoms with E-state index in [0.717, 1.165) is 0 Å². The van der Waals surface area contributed by atoms with Gasteiger partial charge in [-0.15, -0.1) is 0 Å². The van der Waals surface area contributed by atoms with E-state index in [4.69, 9.17) is 28.4 Å². The van der Waals surface area contributed by atoms with Crippen LogP contribution in [0.15, 0.2) is 72.8 Å². The number of hydrogen-bond donors (Lipinski definition) is 17. The summed E-state index contributed by atoms with van der Waals surface area (Å²) in [5, 5.41) is 173. The first-order chi connectivity index (χ1) is 37.0. The molecule has 0 radical (unpaired) electrons. The molecule has 2 atom stereocenters. The van der Waals surface area contributed by atoms with Crippen molar-refractivity contribution >= 4 is 41.8 Å². The van der Waals surface area contributed by atoms with Crippen molar-refractivity contribution < 1.29 is 149 Å². The maximum atomic E-state index is 14.1. The van der Waals surface area contributed by atoms with Gasteiger partial charge < -0.3 is 115 Å². The van der Waals surface area contributed by atoms with Crippen LogP contribution in [0.1, 0.15) is 75.0 Å². The molecule has 0 aliphatic heterocycles. The Bertz CT molecular complexity index is 3340. The molecule has 0 saturated heterocycles. The number of esters is 6. The third-order valence-electron chi connectivity index (χ3n) is 11.4. The summed E-state index contributed by atoms with van der Waals surface area (Å²) in [5.74, 6) is -31.6. The Morgan fingerprint density at radius 1 is 0.329 bits per heavy atom. The SMILES string of the molecule is O=C(Oc1cc(C(=O)OC2[C@H](OC(=O)c3cc(O)c(O)c(OC(=O)c4cc(O)c(O)c(O)c4)c3)CC(O)(C(=O)O)C[C@H]2OC(=O)c2cc(O)c(O)c(OC(=O)c3cc(O)c(O)c(O)c3)c2)cc(O)c1O)c1cc(O)c(O)c(O)c1. The van der Waals surface area contributed by atoms with E-state index >= 15 is 0 Å². The molecule has 412 valence electrons. The van der Waals surface area contributed by atoms with Gasteiger partial charge in [0.25, 0.3) is 0 Å². The van der Waals surface area contributed by atoms with Crippen LogP contribution in [0.5, 0.6) is 103 Å². The highest BCUT2D eigenvalue weighted by Gasteiger charge is 2.55. The molecule has 79 heavy (non-hydrogen) atoms. The molecule has 17 N–H and O–H groups in total. The maximum Gasteiger partial charge on any atom is 0.343 e. The minimum Gasteiger partial charge on any atom is -0.504 e. The molecule has 0 amide bonds. The predicted octanol–water partition coefficient (Wildman–Crippen LogP) is 2.51. The summed E-state index contributed by atoms with van der Waals surface area (Å²) in [6.45, 7) is 0. The monoisotopic (exact) mass is 1100 g/mol. The topological polar surface area (TPSA) is 519 Å². The third-order valence-corrected chi connectivity index (χ3v) is 11.4. The number of benzene rings is 6. The zero-order valence-electron chi connectivity index (χ0n) is 39.0. The summed E-state index contributed by atoms with van der Waals surface area (Å²) in [5.41, 5.74) is -7.91. The molecule has 30 heteroatoms. The number of phenols is 15. The highest BCUT2D eigenvalue weighted by Crippen LogP contribution is 2.44. The second kappa shape index (κ2) is 21.1. The van der Waals surface area contributed by atoms with E-state index in [0.29, 0.717) is 72.8 Å². The van der Waals surface area contributed by atoms with E-state index in [2.05, 4.69) is 0 Å². The molecule has 1 aliphatic rings. The molecule has 0 heterocycles. The van der Waals surface area contributed by atoms with Crippen molar-refractivity contribution in [2.24, 2.45) is 0 Å². The van der Waals surface area contributed by atoms with Crippen LogP contribution in [-0.2, 0) is 19.0 Å². The Hall–Kier alpha value is -11.4. The molecule has 30 nitrogen and oxygen atoms in total. The van der Waals surface area contributed by atoms with Gasteiger partial charge in [-0.3, -0.25) is 0 Å². The van der Waals surface area contributed by atoms with E-state index in [1.54, 1.807) is 0 Å². The molecule has 6 aromatic rings. The second-order valence-electron chi connectivity index (χ2n) is 16.8. The number of aliphatic hydroxyl groups is 1. The summed E-state index contributed by atoms with van der Waals surface area (Å²) < 4.78 is 31.6. The van der Waals surface area contributed by atoms with Crippen LogP contribution in [0.3, 0.4) is 0 Å². The molecule has 6 aromatic carbocycles. The smallest absolute Gasteiger partial charge is 0.343 e. The van der Waals surface area contributed by atoms with Gasteiger partial charge in [0.05, 0.1) is 33.4 Å². The summed E-state index contributed by atoms with van der Waals surface area (Å²) in [6.07, 6.45) is -9.76. The Kier molecular flexibility index (Phi) is 14.8. The van der Waals surface area contributed by atoms with Crippen LogP contribution in [0.2, 0.25) is 0 Å². The minimum atomic E-state index is -3.16. The first-order valence-electron chi connectivity index (χ1n) is 21.6. The Balaban J connectivity index is 1.26. The van der Waals surface area contributed by atoms with Crippen molar-refractivity contribution in [3.63, 3.8) is 0 Å². The molecule has 0 aromatic heterocycles. The Morgan fingerprint density at radius 3 is 0.785 bits per heavy atom.